The van der Waals surface area contributed by atoms with Gasteiger partial charge in [-0.2, -0.15) is 12.6 Å². The Balaban J connectivity index is 1.71. The highest BCUT2D eigenvalue weighted by molar-refractivity contribution is 7.81. The molecule has 2 atom stereocenters. The number of esters is 1. The molecule has 10 heteroatoms. The van der Waals surface area contributed by atoms with Gasteiger partial charge in [0, 0.05) is 17.7 Å². The van der Waals surface area contributed by atoms with Crippen molar-refractivity contribution < 1.29 is 38.0 Å². The van der Waals surface area contributed by atoms with Gasteiger partial charge < -0.3 is 24.1 Å². The average molecular weight is 451 g/mol. The summed E-state index contributed by atoms with van der Waals surface area (Å²) in [7, 11) is 0. The van der Waals surface area contributed by atoms with Crippen LogP contribution in [0, 0.1) is 11.7 Å². The number of anilines is 1. The number of hydrogen-bond donors (Lipinski definition) is 3. The molecule has 2 aromatic rings. The van der Waals surface area contributed by atoms with Crippen LogP contribution in [0.2, 0.25) is 0 Å². The quantitative estimate of drug-likeness (QED) is 0.411. The molecule has 1 amide bonds. The summed E-state index contributed by atoms with van der Waals surface area (Å²) in [5, 5.41) is 12.1. The number of phenols is 1. The molecule has 8 nitrogen and oxygen atoms in total. The summed E-state index contributed by atoms with van der Waals surface area (Å²) in [5.74, 6) is -1.13. The predicted octanol–water partition coefficient (Wildman–Crippen LogP) is 4.05. The zero-order valence-electron chi connectivity index (χ0n) is 16.7. The maximum atomic E-state index is 13.9. The minimum Gasteiger partial charge on any atom is -0.505 e. The summed E-state index contributed by atoms with van der Waals surface area (Å²) >= 11 is 3.84. The molecule has 31 heavy (non-hydrogen) atoms. The summed E-state index contributed by atoms with van der Waals surface area (Å²) in [4.78, 5) is 23.8. The van der Waals surface area contributed by atoms with Crippen molar-refractivity contribution in [2.45, 2.75) is 19.4 Å². The second-order valence-corrected chi connectivity index (χ2v) is 7.19. The van der Waals surface area contributed by atoms with Crippen molar-refractivity contribution in [3.63, 3.8) is 0 Å². The molecule has 0 spiro atoms. The van der Waals surface area contributed by atoms with E-state index in [1.165, 1.54) is 12.1 Å². The standard InChI is InChI=1S/C21H22FNO7S/c1-12(6-7-27-19(25)10-31)20(13-2-4-16(24)15(22)8-13)30-21(26)23-14-3-5-17-18(9-14)29-11-28-17/h2-5,8-9,12,20,24,31H,6-7,10-11H2,1H3,(H,23,26)/t12-,20-/m1/s1. The Labute approximate surface area is 183 Å². The van der Waals surface area contributed by atoms with E-state index in [0.717, 1.165) is 6.07 Å². The highest BCUT2D eigenvalue weighted by atomic mass is 32.1. The Kier molecular flexibility index (Phi) is 7.45. The average Bonchev–Trinajstić information content (AvgIpc) is 3.21. The molecule has 0 radical (unpaired) electrons. The van der Waals surface area contributed by atoms with Gasteiger partial charge in [0.15, 0.2) is 23.1 Å². The first-order chi connectivity index (χ1) is 14.9. The lowest BCUT2D eigenvalue weighted by molar-refractivity contribution is -0.141. The molecule has 2 aromatic carbocycles. The highest BCUT2D eigenvalue weighted by Gasteiger charge is 2.25. The Bertz CT molecular complexity index is 955. The molecule has 0 saturated heterocycles. The molecule has 2 N–H and O–H groups in total. The largest absolute Gasteiger partial charge is 0.505 e. The van der Waals surface area contributed by atoms with Crippen LogP contribution in [0.1, 0.15) is 25.0 Å². The second kappa shape index (κ2) is 10.3. The Hall–Kier alpha value is -3.14. The van der Waals surface area contributed by atoms with Crippen LogP contribution in [0.3, 0.4) is 0 Å². The molecule has 0 bridgehead atoms. The number of halogens is 1. The molecule has 1 heterocycles. The van der Waals surface area contributed by atoms with Gasteiger partial charge in [0.25, 0.3) is 0 Å². The molecular formula is C21H22FNO7S. The van der Waals surface area contributed by atoms with Crippen LogP contribution in [0.5, 0.6) is 17.2 Å². The maximum Gasteiger partial charge on any atom is 0.412 e. The van der Waals surface area contributed by atoms with Crippen molar-refractivity contribution in [1.29, 1.82) is 0 Å². The van der Waals surface area contributed by atoms with E-state index in [1.807, 2.05) is 0 Å². The van der Waals surface area contributed by atoms with Crippen molar-refractivity contribution in [1.82, 2.24) is 0 Å². The first kappa shape index (κ1) is 22.5. The highest BCUT2D eigenvalue weighted by Crippen LogP contribution is 2.35. The van der Waals surface area contributed by atoms with Gasteiger partial charge in [0.2, 0.25) is 6.79 Å². The first-order valence-electron chi connectivity index (χ1n) is 9.49. The third kappa shape index (κ3) is 5.94. The van der Waals surface area contributed by atoms with Crippen molar-refractivity contribution in [3.05, 3.63) is 47.8 Å². The maximum absolute atomic E-state index is 13.9. The van der Waals surface area contributed by atoms with Crippen molar-refractivity contribution in [3.8, 4) is 17.2 Å². The third-order valence-corrected chi connectivity index (χ3v) is 4.89. The molecule has 166 valence electrons. The molecule has 0 aliphatic carbocycles. The number of rotatable bonds is 8. The number of nitrogens with one attached hydrogen (secondary N) is 1. The van der Waals surface area contributed by atoms with E-state index in [9.17, 15) is 19.1 Å². The van der Waals surface area contributed by atoms with E-state index >= 15 is 0 Å². The lowest BCUT2D eigenvalue weighted by Crippen LogP contribution is -2.23. The molecule has 0 unspecified atom stereocenters. The number of fused-ring (bicyclic) bond motifs is 1. The fourth-order valence-corrected chi connectivity index (χ4v) is 3.10. The van der Waals surface area contributed by atoms with Crippen LogP contribution >= 0.6 is 12.6 Å². The summed E-state index contributed by atoms with van der Waals surface area (Å²) in [5.41, 5.74) is 0.782. The summed E-state index contributed by atoms with van der Waals surface area (Å²) < 4.78 is 35.0. The molecule has 0 saturated carbocycles. The SMILES string of the molecule is C[C@H](CCOC(=O)CS)[C@@H](OC(=O)Nc1ccc2c(c1)OCO2)c1ccc(O)c(F)c1. The third-order valence-electron chi connectivity index (χ3n) is 4.64. The van der Waals surface area contributed by atoms with E-state index in [1.54, 1.807) is 25.1 Å². The Morgan fingerprint density at radius 2 is 2.00 bits per heavy atom. The number of carbonyl (C=O) groups excluding carboxylic acids is 2. The van der Waals surface area contributed by atoms with Gasteiger partial charge in [-0.3, -0.25) is 10.1 Å². The van der Waals surface area contributed by atoms with Crippen LogP contribution in [-0.2, 0) is 14.3 Å². The minimum atomic E-state index is -0.862. The lowest BCUT2D eigenvalue weighted by Gasteiger charge is -2.25. The summed E-state index contributed by atoms with van der Waals surface area (Å²) in [6.07, 6.45) is -1.28. The number of amides is 1. The fourth-order valence-electron chi connectivity index (χ4n) is 3.01. The minimum absolute atomic E-state index is 0.0462. The van der Waals surface area contributed by atoms with Crippen molar-refractivity contribution in [2.24, 2.45) is 5.92 Å². The predicted molar refractivity (Wildman–Crippen MR) is 112 cm³/mol. The second-order valence-electron chi connectivity index (χ2n) is 6.87. The van der Waals surface area contributed by atoms with E-state index in [0.29, 0.717) is 29.2 Å². The van der Waals surface area contributed by atoms with E-state index in [2.05, 4.69) is 17.9 Å². The molecule has 1 aliphatic heterocycles. The molecule has 0 fully saturated rings. The van der Waals surface area contributed by atoms with Crippen LogP contribution in [0.25, 0.3) is 0 Å². The number of carbonyl (C=O) groups is 2. The van der Waals surface area contributed by atoms with Gasteiger partial charge >= 0.3 is 12.1 Å². The lowest BCUT2D eigenvalue weighted by atomic mass is 9.94. The number of thiol groups is 1. The Morgan fingerprint density at radius 1 is 1.23 bits per heavy atom. The normalized spacial score (nSPS) is 13.9. The molecule has 0 aromatic heterocycles. The van der Waals surface area contributed by atoms with Gasteiger partial charge in [-0.1, -0.05) is 13.0 Å². The van der Waals surface area contributed by atoms with Crippen LogP contribution in [0.15, 0.2) is 36.4 Å². The number of aromatic hydroxyl groups is 1. The van der Waals surface area contributed by atoms with Crippen LogP contribution in [-0.4, -0.2) is 36.3 Å². The van der Waals surface area contributed by atoms with Crippen molar-refractivity contribution in [2.75, 3.05) is 24.5 Å². The monoisotopic (exact) mass is 451 g/mol. The topological polar surface area (TPSA) is 103 Å². The number of phenolic OH excluding ortho intramolecular Hbond substituents is 1. The van der Waals surface area contributed by atoms with Gasteiger partial charge in [0.05, 0.1) is 12.4 Å². The number of benzene rings is 2. The van der Waals surface area contributed by atoms with Crippen LogP contribution < -0.4 is 14.8 Å². The van der Waals surface area contributed by atoms with Gasteiger partial charge in [-0.05, 0) is 36.2 Å². The first-order valence-corrected chi connectivity index (χ1v) is 10.1. The number of hydrogen-bond acceptors (Lipinski definition) is 8. The fraction of sp³-hybridized carbons (Fsp3) is 0.333. The summed E-state index contributed by atoms with van der Waals surface area (Å²) in [6, 6.07) is 8.63. The zero-order valence-corrected chi connectivity index (χ0v) is 17.6. The zero-order chi connectivity index (χ0) is 22.4. The smallest absolute Gasteiger partial charge is 0.412 e. The molecule has 3 rings (SSSR count). The van der Waals surface area contributed by atoms with E-state index in [4.69, 9.17) is 18.9 Å². The van der Waals surface area contributed by atoms with Crippen LogP contribution in [0.4, 0.5) is 14.9 Å². The Morgan fingerprint density at radius 3 is 2.74 bits per heavy atom. The van der Waals surface area contributed by atoms with E-state index < -0.39 is 29.7 Å². The molecular weight excluding hydrogens is 429 g/mol. The number of ether oxygens (including phenoxy) is 4. The molecule has 1 aliphatic rings. The van der Waals surface area contributed by atoms with E-state index in [-0.39, 0.29) is 25.1 Å². The van der Waals surface area contributed by atoms with Gasteiger partial charge in [0.1, 0.15) is 6.10 Å². The van der Waals surface area contributed by atoms with Crippen molar-refractivity contribution >= 4 is 30.4 Å². The van der Waals surface area contributed by atoms with Gasteiger partial charge in [-0.25, -0.2) is 9.18 Å². The summed E-state index contributed by atoms with van der Waals surface area (Å²) in [6.45, 7) is 1.97. The van der Waals surface area contributed by atoms with Gasteiger partial charge in [-0.15, -0.1) is 0 Å².